The molecule has 1 heterocycles. The number of nitrogens with one attached hydrogen (secondary N) is 2. The van der Waals surface area contributed by atoms with Gasteiger partial charge in [-0.2, -0.15) is 0 Å². The van der Waals surface area contributed by atoms with Crippen molar-refractivity contribution in [3.05, 3.63) is 66.6 Å². The second-order valence-electron chi connectivity index (χ2n) is 7.17. The molecule has 6 nitrogen and oxygen atoms in total. The van der Waals surface area contributed by atoms with Crippen LogP contribution in [0, 0.1) is 6.92 Å². The molecule has 0 radical (unpaired) electrons. The van der Waals surface area contributed by atoms with E-state index in [-0.39, 0.29) is 6.03 Å². The fourth-order valence-electron chi connectivity index (χ4n) is 3.14. The first-order valence-electron chi connectivity index (χ1n) is 10.5. The second kappa shape index (κ2) is 11.0. The summed E-state index contributed by atoms with van der Waals surface area (Å²) < 4.78 is 8.09. The number of anilines is 1. The Balaban J connectivity index is 1.50. The molecule has 6 heteroatoms. The van der Waals surface area contributed by atoms with Crippen LogP contribution >= 0.6 is 0 Å². The van der Waals surface area contributed by atoms with E-state index in [1.54, 1.807) is 0 Å². The van der Waals surface area contributed by atoms with Gasteiger partial charge in [-0.1, -0.05) is 55.8 Å². The number of urea groups is 1. The van der Waals surface area contributed by atoms with Gasteiger partial charge in [-0.05, 0) is 31.9 Å². The van der Waals surface area contributed by atoms with Gasteiger partial charge in [0.2, 0.25) is 0 Å². The maximum atomic E-state index is 12.0. The first kappa shape index (κ1) is 21.4. The van der Waals surface area contributed by atoms with E-state index in [9.17, 15) is 4.79 Å². The SMILES string of the molecule is CCCCNC(=O)Nc1ccccc1OCCCn1cc(-c2ccccc2)nc1C. The van der Waals surface area contributed by atoms with Crippen LogP contribution in [0.1, 0.15) is 32.0 Å². The third-order valence-electron chi connectivity index (χ3n) is 4.80. The van der Waals surface area contributed by atoms with Gasteiger partial charge < -0.3 is 19.9 Å². The Bertz CT molecular complexity index is 937. The lowest BCUT2D eigenvalue weighted by Gasteiger charge is -2.13. The average Bonchev–Trinajstić information content (AvgIpc) is 3.13. The van der Waals surface area contributed by atoms with Gasteiger partial charge in [0.15, 0.2) is 0 Å². The predicted molar refractivity (Wildman–Crippen MR) is 121 cm³/mol. The number of benzene rings is 2. The van der Waals surface area contributed by atoms with Crippen molar-refractivity contribution in [2.45, 2.75) is 39.7 Å². The molecule has 1 aromatic heterocycles. The molecular weight excluding hydrogens is 376 g/mol. The standard InChI is InChI=1S/C24H30N4O2/c1-3-4-15-25-24(29)27-21-13-8-9-14-23(21)30-17-10-16-28-18-22(26-19(28)2)20-11-6-5-7-12-20/h5-9,11-14,18H,3-4,10,15-17H2,1-2H3,(H2,25,27,29). The van der Waals surface area contributed by atoms with Crippen LogP contribution in [0.2, 0.25) is 0 Å². The van der Waals surface area contributed by atoms with Crippen molar-refractivity contribution in [3.8, 4) is 17.0 Å². The molecule has 2 N–H and O–H groups in total. The molecule has 0 aliphatic rings. The zero-order valence-electron chi connectivity index (χ0n) is 17.7. The summed E-state index contributed by atoms with van der Waals surface area (Å²) in [7, 11) is 0. The van der Waals surface area contributed by atoms with Crippen LogP contribution in [0.5, 0.6) is 5.75 Å². The summed E-state index contributed by atoms with van der Waals surface area (Å²) in [6.07, 6.45) is 4.93. The Morgan fingerprint density at radius 1 is 1.07 bits per heavy atom. The fraction of sp³-hybridized carbons (Fsp3) is 0.333. The van der Waals surface area contributed by atoms with Crippen molar-refractivity contribution in [2.75, 3.05) is 18.5 Å². The number of carbonyl (C=O) groups is 1. The molecule has 2 amide bonds. The number of nitrogens with zero attached hydrogens (tertiary/aromatic N) is 2. The van der Waals surface area contributed by atoms with Gasteiger partial charge in [-0.15, -0.1) is 0 Å². The van der Waals surface area contributed by atoms with E-state index in [0.29, 0.717) is 24.6 Å². The van der Waals surface area contributed by atoms with Crippen LogP contribution in [0.4, 0.5) is 10.5 Å². The van der Waals surface area contributed by atoms with Crippen molar-refractivity contribution in [1.82, 2.24) is 14.9 Å². The van der Waals surface area contributed by atoms with Crippen LogP contribution in [-0.2, 0) is 6.54 Å². The summed E-state index contributed by atoms with van der Waals surface area (Å²) in [5.74, 6) is 1.66. The fourth-order valence-corrected chi connectivity index (χ4v) is 3.14. The Morgan fingerprint density at radius 3 is 2.63 bits per heavy atom. The van der Waals surface area contributed by atoms with Crippen LogP contribution in [0.25, 0.3) is 11.3 Å². The molecule has 0 aliphatic heterocycles. The summed E-state index contributed by atoms with van der Waals surface area (Å²) >= 11 is 0. The maximum absolute atomic E-state index is 12.0. The molecule has 0 spiro atoms. The minimum atomic E-state index is -0.206. The molecule has 0 saturated heterocycles. The maximum Gasteiger partial charge on any atom is 0.319 e. The molecule has 30 heavy (non-hydrogen) atoms. The number of rotatable bonds is 10. The number of carbonyl (C=O) groups excluding carboxylic acids is 1. The van der Waals surface area contributed by atoms with E-state index in [2.05, 4.69) is 45.4 Å². The molecule has 0 atom stereocenters. The Hall–Kier alpha value is -3.28. The minimum absolute atomic E-state index is 0.206. The van der Waals surface area contributed by atoms with Gasteiger partial charge >= 0.3 is 6.03 Å². The van der Waals surface area contributed by atoms with Gasteiger partial charge in [0.05, 0.1) is 18.0 Å². The lowest BCUT2D eigenvalue weighted by Crippen LogP contribution is -2.29. The van der Waals surface area contributed by atoms with Crippen molar-refractivity contribution in [1.29, 1.82) is 0 Å². The summed E-state index contributed by atoms with van der Waals surface area (Å²) in [5, 5.41) is 5.72. The smallest absolute Gasteiger partial charge is 0.319 e. The lowest BCUT2D eigenvalue weighted by molar-refractivity contribution is 0.251. The van der Waals surface area contributed by atoms with E-state index >= 15 is 0 Å². The molecule has 0 saturated carbocycles. The number of aromatic nitrogens is 2. The van der Waals surface area contributed by atoms with Gasteiger partial charge in [0.25, 0.3) is 0 Å². The van der Waals surface area contributed by atoms with Crippen LogP contribution < -0.4 is 15.4 Å². The van der Waals surface area contributed by atoms with Crippen molar-refractivity contribution < 1.29 is 9.53 Å². The van der Waals surface area contributed by atoms with Crippen LogP contribution in [0.15, 0.2) is 60.8 Å². The molecule has 0 unspecified atom stereocenters. The highest BCUT2D eigenvalue weighted by molar-refractivity contribution is 5.90. The summed E-state index contributed by atoms with van der Waals surface area (Å²) in [5.41, 5.74) is 2.78. The summed E-state index contributed by atoms with van der Waals surface area (Å²) in [6.45, 7) is 6.15. The zero-order valence-corrected chi connectivity index (χ0v) is 17.7. The Morgan fingerprint density at radius 2 is 1.83 bits per heavy atom. The third kappa shape index (κ3) is 6.11. The molecule has 0 fully saturated rings. The highest BCUT2D eigenvalue weighted by atomic mass is 16.5. The largest absolute Gasteiger partial charge is 0.491 e. The van der Waals surface area contributed by atoms with E-state index < -0.39 is 0 Å². The number of hydrogen-bond donors (Lipinski definition) is 2. The van der Waals surface area contributed by atoms with E-state index in [1.165, 1.54) is 0 Å². The Labute approximate surface area is 178 Å². The van der Waals surface area contributed by atoms with Gasteiger partial charge in [0, 0.05) is 24.8 Å². The number of para-hydroxylation sites is 2. The molecule has 2 aromatic carbocycles. The molecule has 0 aliphatic carbocycles. The van der Waals surface area contributed by atoms with Crippen molar-refractivity contribution in [2.24, 2.45) is 0 Å². The molecule has 3 rings (SSSR count). The van der Waals surface area contributed by atoms with Gasteiger partial charge in [0.1, 0.15) is 11.6 Å². The monoisotopic (exact) mass is 406 g/mol. The number of hydrogen-bond acceptors (Lipinski definition) is 3. The average molecular weight is 407 g/mol. The van der Waals surface area contributed by atoms with Crippen LogP contribution in [-0.4, -0.2) is 28.7 Å². The van der Waals surface area contributed by atoms with Gasteiger partial charge in [-0.25, -0.2) is 9.78 Å². The molecule has 3 aromatic rings. The van der Waals surface area contributed by atoms with E-state index in [0.717, 1.165) is 42.9 Å². The van der Waals surface area contributed by atoms with E-state index in [4.69, 9.17) is 4.74 Å². The minimum Gasteiger partial charge on any atom is -0.491 e. The predicted octanol–water partition coefficient (Wildman–Crippen LogP) is 5.25. The topological polar surface area (TPSA) is 68.2 Å². The normalized spacial score (nSPS) is 10.6. The summed E-state index contributed by atoms with van der Waals surface area (Å²) in [4.78, 5) is 16.7. The molecule has 0 bridgehead atoms. The number of ether oxygens (including phenoxy) is 1. The lowest BCUT2D eigenvalue weighted by atomic mass is 10.2. The second-order valence-corrected chi connectivity index (χ2v) is 7.17. The number of imidazole rings is 1. The molecular formula is C24H30N4O2. The highest BCUT2D eigenvalue weighted by Crippen LogP contribution is 2.24. The van der Waals surface area contributed by atoms with E-state index in [1.807, 2.05) is 49.4 Å². The highest BCUT2D eigenvalue weighted by Gasteiger charge is 2.08. The molecule has 158 valence electrons. The van der Waals surface area contributed by atoms with Crippen molar-refractivity contribution >= 4 is 11.7 Å². The number of unbranched alkanes of at least 4 members (excludes halogenated alkanes) is 1. The first-order valence-corrected chi connectivity index (χ1v) is 10.5. The quantitative estimate of drug-likeness (QED) is 0.452. The third-order valence-corrected chi connectivity index (χ3v) is 4.80. The number of aryl methyl sites for hydroxylation is 2. The van der Waals surface area contributed by atoms with Gasteiger partial charge in [-0.3, -0.25) is 0 Å². The zero-order chi connectivity index (χ0) is 21.2. The van der Waals surface area contributed by atoms with Crippen LogP contribution in [0.3, 0.4) is 0 Å². The summed E-state index contributed by atoms with van der Waals surface area (Å²) in [6, 6.07) is 17.5. The number of amides is 2. The van der Waals surface area contributed by atoms with Crippen molar-refractivity contribution in [3.63, 3.8) is 0 Å². The Kier molecular flexibility index (Phi) is 7.89. The first-order chi connectivity index (χ1) is 14.7.